The smallest absolute Gasteiger partial charge is 0.289 e. The molecule has 0 unspecified atom stereocenters. The fourth-order valence-corrected chi connectivity index (χ4v) is 4.63. The van der Waals surface area contributed by atoms with Gasteiger partial charge in [-0.3, -0.25) is 4.79 Å². The number of piperazine rings is 1. The predicted octanol–water partition coefficient (Wildman–Crippen LogP) is 4.15. The van der Waals surface area contributed by atoms with Gasteiger partial charge in [0.1, 0.15) is 11.3 Å². The third kappa shape index (κ3) is 3.09. The molecule has 0 bridgehead atoms. The van der Waals surface area contributed by atoms with Gasteiger partial charge in [-0.15, -0.1) is 0 Å². The van der Waals surface area contributed by atoms with Gasteiger partial charge in [0.25, 0.3) is 5.91 Å². The van der Waals surface area contributed by atoms with Crippen LogP contribution in [0.2, 0.25) is 0 Å². The predicted molar refractivity (Wildman–Crippen MR) is 110 cm³/mol. The number of benzene rings is 2. The lowest BCUT2D eigenvalue weighted by Crippen LogP contribution is -2.48. The van der Waals surface area contributed by atoms with Gasteiger partial charge in [-0.05, 0) is 24.3 Å². The van der Waals surface area contributed by atoms with E-state index in [9.17, 15) is 9.18 Å². The van der Waals surface area contributed by atoms with Crippen molar-refractivity contribution in [1.82, 2.24) is 9.88 Å². The van der Waals surface area contributed by atoms with Crippen LogP contribution in [0.3, 0.4) is 0 Å². The Hall–Kier alpha value is -3.13. The van der Waals surface area contributed by atoms with Crippen molar-refractivity contribution in [2.24, 2.45) is 0 Å². The molecule has 148 valence electrons. The molecule has 0 saturated carbocycles. The number of hydrogen-bond acceptors (Lipinski definition) is 6. The van der Waals surface area contributed by atoms with Crippen LogP contribution in [0.1, 0.15) is 10.6 Å². The van der Waals surface area contributed by atoms with Gasteiger partial charge in [-0.25, -0.2) is 9.37 Å². The fraction of sp³-hybridized carbons (Fsp3) is 0.238. The number of furan rings is 1. The number of rotatable bonds is 3. The molecule has 2 aromatic heterocycles. The first-order valence-corrected chi connectivity index (χ1v) is 10.1. The number of amides is 1. The molecule has 0 radical (unpaired) electrons. The summed E-state index contributed by atoms with van der Waals surface area (Å²) in [6.07, 6.45) is 0. The van der Waals surface area contributed by atoms with E-state index in [1.165, 1.54) is 17.4 Å². The quantitative estimate of drug-likeness (QED) is 0.507. The number of carbonyl (C=O) groups is 1. The van der Waals surface area contributed by atoms with Crippen molar-refractivity contribution >= 4 is 43.6 Å². The van der Waals surface area contributed by atoms with Crippen molar-refractivity contribution in [2.45, 2.75) is 0 Å². The highest BCUT2D eigenvalue weighted by molar-refractivity contribution is 7.22. The maximum Gasteiger partial charge on any atom is 0.289 e. The minimum Gasteiger partial charge on any atom is -0.493 e. The second kappa shape index (κ2) is 7.04. The third-order valence-corrected chi connectivity index (χ3v) is 6.22. The maximum atomic E-state index is 13.9. The number of hydrogen-bond donors (Lipinski definition) is 0. The van der Waals surface area contributed by atoms with E-state index in [1.54, 1.807) is 30.2 Å². The molecule has 1 aliphatic heterocycles. The minimum atomic E-state index is -0.306. The van der Waals surface area contributed by atoms with Crippen LogP contribution in [0.25, 0.3) is 21.2 Å². The molecule has 0 N–H and O–H groups in total. The van der Waals surface area contributed by atoms with Crippen LogP contribution in [0, 0.1) is 5.82 Å². The van der Waals surface area contributed by atoms with Gasteiger partial charge < -0.3 is 19.0 Å². The van der Waals surface area contributed by atoms with Gasteiger partial charge in [-0.2, -0.15) is 0 Å². The fourth-order valence-electron chi connectivity index (χ4n) is 3.60. The number of fused-ring (bicyclic) bond motifs is 2. The summed E-state index contributed by atoms with van der Waals surface area (Å²) in [7, 11) is 1.58. The number of ether oxygens (including phenoxy) is 1. The first-order valence-electron chi connectivity index (χ1n) is 9.30. The zero-order valence-corrected chi connectivity index (χ0v) is 16.5. The van der Waals surface area contributed by atoms with E-state index in [1.807, 2.05) is 18.2 Å². The molecule has 6 nitrogen and oxygen atoms in total. The van der Waals surface area contributed by atoms with Gasteiger partial charge in [0, 0.05) is 31.6 Å². The van der Waals surface area contributed by atoms with Gasteiger partial charge in [0.2, 0.25) is 0 Å². The average Bonchev–Trinajstić information content (AvgIpc) is 3.38. The molecule has 29 heavy (non-hydrogen) atoms. The van der Waals surface area contributed by atoms with Gasteiger partial charge in [-0.1, -0.05) is 29.5 Å². The van der Waals surface area contributed by atoms with E-state index in [-0.39, 0.29) is 11.7 Å². The molecule has 5 rings (SSSR count). The molecule has 8 heteroatoms. The molecule has 1 saturated heterocycles. The van der Waals surface area contributed by atoms with Crippen molar-refractivity contribution in [3.63, 3.8) is 0 Å². The van der Waals surface area contributed by atoms with Crippen LogP contribution < -0.4 is 9.64 Å². The molecule has 1 fully saturated rings. The summed E-state index contributed by atoms with van der Waals surface area (Å²) in [6.45, 7) is 2.37. The number of nitrogens with zero attached hydrogens (tertiary/aromatic N) is 3. The molecule has 0 aliphatic carbocycles. The maximum absolute atomic E-state index is 13.9. The monoisotopic (exact) mass is 411 g/mol. The number of para-hydroxylation sites is 2. The molecular formula is C21H18FN3O3S. The Balaban J connectivity index is 1.32. The zero-order chi connectivity index (χ0) is 20.0. The van der Waals surface area contributed by atoms with E-state index >= 15 is 0 Å². The SMILES string of the molecule is COc1cccc2cc(C(=O)N3CCN(c4nc5c(F)cccc5s4)CC3)oc12. The summed E-state index contributed by atoms with van der Waals surface area (Å²) < 4.78 is 25.8. The zero-order valence-electron chi connectivity index (χ0n) is 15.7. The summed E-state index contributed by atoms with van der Waals surface area (Å²) in [5.74, 6) is 0.465. The van der Waals surface area contributed by atoms with Crippen LogP contribution in [0.4, 0.5) is 9.52 Å². The lowest BCUT2D eigenvalue weighted by atomic mass is 10.2. The van der Waals surface area contributed by atoms with Crippen molar-refractivity contribution in [2.75, 3.05) is 38.2 Å². The van der Waals surface area contributed by atoms with E-state index in [2.05, 4.69) is 9.88 Å². The number of methoxy groups -OCH3 is 1. The van der Waals surface area contributed by atoms with Gasteiger partial charge in [0.15, 0.2) is 22.2 Å². The molecule has 4 aromatic rings. The summed E-state index contributed by atoms with van der Waals surface area (Å²) in [5, 5.41) is 1.62. The van der Waals surface area contributed by atoms with E-state index in [0.717, 1.165) is 15.2 Å². The Labute approximate surface area is 170 Å². The Kier molecular flexibility index (Phi) is 4.35. The summed E-state index contributed by atoms with van der Waals surface area (Å²) in [4.78, 5) is 21.2. The number of thiazole rings is 1. The van der Waals surface area contributed by atoms with Crippen LogP contribution >= 0.6 is 11.3 Å². The Morgan fingerprint density at radius 2 is 1.97 bits per heavy atom. The second-order valence-electron chi connectivity index (χ2n) is 6.85. The van der Waals surface area contributed by atoms with Crippen molar-refractivity contribution in [3.05, 3.63) is 54.0 Å². The van der Waals surface area contributed by atoms with E-state index < -0.39 is 0 Å². The standard InChI is InChI=1S/C21H18FN3O3S/c1-27-15-6-2-4-13-12-16(28-19(13)15)20(26)24-8-10-25(11-9-24)21-23-18-14(22)5-3-7-17(18)29-21/h2-7,12H,8-11H2,1H3. The van der Waals surface area contributed by atoms with Crippen LogP contribution in [-0.4, -0.2) is 49.1 Å². The molecular weight excluding hydrogens is 393 g/mol. The lowest BCUT2D eigenvalue weighted by molar-refractivity contribution is 0.0717. The van der Waals surface area contributed by atoms with Crippen LogP contribution in [0.5, 0.6) is 5.75 Å². The summed E-state index contributed by atoms with van der Waals surface area (Å²) in [5.41, 5.74) is 0.982. The van der Waals surface area contributed by atoms with E-state index in [0.29, 0.717) is 48.8 Å². The Morgan fingerprint density at radius 1 is 1.17 bits per heavy atom. The third-order valence-electron chi connectivity index (χ3n) is 5.13. The first-order chi connectivity index (χ1) is 14.1. The average molecular weight is 411 g/mol. The topological polar surface area (TPSA) is 58.8 Å². The van der Waals surface area contributed by atoms with Crippen molar-refractivity contribution < 1.29 is 18.3 Å². The van der Waals surface area contributed by atoms with E-state index in [4.69, 9.17) is 9.15 Å². The molecule has 2 aromatic carbocycles. The minimum absolute atomic E-state index is 0.141. The Bertz CT molecular complexity index is 1210. The van der Waals surface area contributed by atoms with Crippen LogP contribution in [-0.2, 0) is 0 Å². The highest BCUT2D eigenvalue weighted by atomic mass is 32.1. The largest absolute Gasteiger partial charge is 0.493 e. The number of aromatic nitrogens is 1. The highest BCUT2D eigenvalue weighted by Crippen LogP contribution is 2.32. The van der Waals surface area contributed by atoms with Crippen molar-refractivity contribution in [3.8, 4) is 5.75 Å². The number of carbonyl (C=O) groups excluding carboxylic acids is 1. The van der Waals surface area contributed by atoms with Crippen LogP contribution in [0.15, 0.2) is 46.9 Å². The summed E-state index contributed by atoms with van der Waals surface area (Å²) in [6, 6.07) is 12.3. The second-order valence-corrected chi connectivity index (χ2v) is 7.86. The van der Waals surface area contributed by atoms with Gasteiger partial charge in [0.05, 0.1) is 11.8 Å². The Morgan fingerprint density at radius 3 is 2.72 bits per heavy atom. The first kappa shape index (κ1) is 17.9. The highest BCUT2D eigenvalue weighted by Gasteiger charge is 2.26. The molecule has 1 aliphatic rings. The normalized spacial score (nSPS) is 14.7. The summed E-state index contributed by atoms with van der Waals surface area (Å²) >= 11 is 1.47. The molecule has 0 spiro atoms. The van der Waals surface area contributed by atoms with Crippen molar-refractivity contribution in [1.29, 1.82) is 0 Å². The molecule has 0 atom stereocenters. The number of halogens is 1. The lowest BCUT2D eigenvalue weighted by Gasteiger charge is -2.34. The molecule has 3 heterocycles. The molecule has 1 amide bonds. The number of anilines is 1. The van der Waals surface area contributed by atoms with Gasteiger partial charge >= 0.3 is 0 Å².